The van der Waals surface area contributed by atoms with E-state index in [2.05, 4.69) is 19.6 Å². The summed E-state index contributed by atoms with van der Waals surface area (Å²) < 4.78 is 91.0. The molecule has 7 rings (SSSR count). The third kappa shape index (κ3) is 8.24. The Labute approximate surface area is 355 Å². The van der Waals surface area contributed by atoms with Crippen LogP contribution in [0.25, 0.3) is 0 Å². The summed E-state index contributed by atoms with van der Waals surface area (Å²) in [6, 6.07) is 6.74. The van der Waals surface area contributed by atoms with Crippen LogP contribution >= 0.6 is 0 Å². The molecule has 0 radical (unpaired) electrons. The molecule has 14 nitrogen and oxygen atoms in total. The molecule has 4 aromatic rings. The van der Waals surface area contributed by atoms with Crippen LogP contribution in [0.1, 0.15) is 154 Å². The van der Waals surface area contributed by atoms with Crippen molar-refractivity contribution in [3.8, 4) is 0 Å². The Bertz CT molecular complexity index is 2690. The Morgan fingerprint density at radius 1 is 0.836 bits per heavy atom. The van der Waals surface area contributed by atoms with Crippen molar-refractivity contribution in [3.63, 3.8) is 0 Å². The van der Waals surface area contributed by atoms with E-state index in [1.54, 1.807) is 4.68 Å². The molecule has 0 bridgehead atoms. The number of hydrogen-bond acceptors (Lipinski definition) is 9. The van der Waals surface area contributed by atoms with Crippen molar-refractivity contribution in [2.45, 2.75) is 131 Å². The number of nitrogens with zero attached hydrogens (tertiary/aromatic N) is 5. The first kappa shape index (κ1) is 44.1. The molecule has 328 valence electrons. The summed E-state index contributed by atoms with van der Waals surface area (Å²) in [4.78, 5) is 42.8. The van der Waals surface area contributed by atoms with Crippen molar-refractivity contribution < 1.29 is 40.0 Å². The van der Waals surface area contributed by atoms with Gasteiger partial charge in [-0.2, -0.15) is 18.6 Å². The highest BCUT2D eigenvalue weighted by atomic mass is 32.2. The fourth-order valence-corrected chi connectivity index (χ4v) is 11.1. The molecular weight excluding hydrogens is 829 g/mol. The van der Waals surface area contributed by atoms with Crippen LogP contribution in [0.2, 0.25) is 0 Å². The summed E-state index contributed by atoms with van der Waals surface area (Å²) in [5, 5.41) is 7.69. The molecule has 0 spiro atoms. The normalized spacial score (nSPS) is 20.8. The van der Waals surface area contributed by atoms with E-state index in [0.29, 0.717) is 33.4 Å². The largest absolute Gasteiger partial charge is 0.340 e. The predicted molar refractivity (Wildman–Crippen MR) is 222 cm³/mol. The Balaban J connectivity index is 1.08. The van der Waals surface area contributed by atoms with Crippen LogP contribution < -0.4 is 9.44 Å². The highest BCUT2D eigenvalue weighted by molar-refractivity contribution is 7.90. The van der Waals surface area contributed by atoms with Gasteiger partial charge in [-0.25, -0.2) is 26.6 Å². The van der Waals surface area contributed by atoms with E-state index in [4.69, 9.17) is 0 Å². The molecule has 18 heteroatoms. The fourth-order valence-electron chi connectivity index (χ4n) is 9.14. The lowest BCUT2D eigenvalue weighted by Crippen LogP contribution is -2.36. The molecule has 1 saturated carbocycles. The Morgan fingerprint density at radius 3 is 1.95 bits per heavy atom. The molecule has 2 N–H and O–H groups in total. The molecule has 2 aromatic heterocycles. The maximum Gasteiger partial charge on any atom is 0.283 e. The third-order valence-corrected chi connectivity index (χ3v) is 15.2. The van der Waals surface area contributed by atoms with Crippen molar-refractivity contribution >= 4 is 37.8 Å². The van der Waals surface area contributed by atoms with Crippen molar-refractivity contribution in [2.75, 3.05) is 13.6 Å². The topological polar surface area (TPSA) is 182 Å². The van der Waals surface area contributed by atoms with Gasteiger partial charge in [-0.05, 0) is 112 Å². The first-order valence-electron chi connectivity index (χ1n) is 20.5. The second kappa shape index (κ2) is 15.4. The second-order valence-electron chi connectivity index (χ2n) is 18.5. The van der Waals surface area contributed by atoms with Gasteiger partial charge in [-0.3, -0.25) is 23.7 Å². The summed E-state index contributed by atoms with van der Waals surface area (Å²) in [7, 11) is -5.92. The van der Waals surface area contributed by atoms with Crippen molar-refractivity contribution in [1.82, 2.24) is 33.9 Å². The van der Waals surface area contributed by atoms with Crippen LogP contribution in [-0.2, 0) is 47.5 Å². The van der Waals surface area contributed by atoms with Crippen LogP contribution in [0.3, 0.4) is 0 Å². The Kier molecular flexibility index (Phi) is 11.2. The minimum absolute atomic E-state index is 0.0783. The van der Waals surface area contributed by atoms with E-state index in [-0.39, 0.29) is 54.3 Å². The van der Waals surface area contributed by atoms with E-state index < -0.39 is 77.1 Å². The highest BCUT2D eigenvalue weighted by Gasteiger charge is 2.47. The summed E-state index contributed by atoms with van der Waals surface area (Å²) in [5.41, 5.74) is 2.00. The molecule has 3 aliphatic carbocycles. The van der Waals surface area contributed by atoms with Crippen LogP contribution in [-0.4, -0.2) is 72.6 Å². The third-order valence-electron chi connectivity index (χ3n) is 12.7. The average molecular weight is 882 g/mol. The second-order valence-corrected chi connectivity index (χ2v) is 21.8. The van der Waals surface area contributed by atoms with Gasteiger partial charge in [0.1, 0.15) is 22.2 Å². The number of sulfonamides is 2. The fraction of sp³-hybridized carbons (Fsp3) is 0.512. The van der Waals surface area contributed by atoms with E-state index >= 15 is 4.39 Å². The van der Waals surface area contributed by atoms with Crippen molar-refractivity contribution in [2.24, 2.45) is 7.05 Å². The predicted octanol–water partition coefficient (Wildman–Crippen LogP) is 6.16. The maximum absolute atomic E-state index is 15.3. The number of carbonyl (C=O) groups excluding carboxylic acids is 3. The lowest BCUT2D eigenvalue weighted by Gasteiger charge is -2.29. The number of carbonyl (C=O) groups is 3. The number of aryl methyl sites for hydroxylation is 1. The zero-order valence-electron chi connectivity index (χ0n) is 35.8. The quantitative estimate of drug-likeness (QED) is 0.159. The van der Waals surface area contributed by atoms with Crippen LogP contribution in [0.4, 0.5) is 8.78 Å². The minimum atomic E-state index is -4.57. The number of rotatable bonds is 13. The number of nitrogens with one attached hydrogen (secondary N) is 2. The van der Waals surface area contributed by atoms with Gasteiger partial charge in [-0.1, -0.05) is 48.5 Å². The molecule has 3 atom stereocenters. The molecule has 2 heterocycles. The van der Waals surface area contributed by atoms with Gasteiger partial charge in [0.05, 0.1) is 24.1 Å². The van der Waals surface area contributed by atoms with E-state index in [9.17, 15) is 35.6 Å². The highest BCUT2D eigenvalue weighted by Crippen LogP contribution is 2.52. The van der Waals surface area contributed by atoms with Gasteiger partial charge in [0.15, 0.2) is 5.03 Å². The number of amides is 3. The van der Waals surface area contributed by atoms with Gasteiger partial charge in [-0.15, -0.1) is 0 Å². The summed E-state index contributed by atoms with van der Waals surface area (Å²) in [6.45, 7) is 13.2. The zero-order valence-corrected chi connectivity index (χ0v) is 37.5. The monoisotopic (exact) mass is 881 g/mol. The van der Waals surface area contributed by atoms with Crippen molar-refractivity contribution in [1.29, 1.82) is 0 Å². The van der Waals surface area contributed by atoms with Gasteiger partial charge in [0, 0.05) is 32.9 Å². The van der Waals surface area contributed by atoms with E-state index in [1.165, 1.54) is 55.7 Å². The first-order valence-corrected chi connectivity index (χ1v) is 23.4. The van der Waals surface area contributed by atoms with E-state index in [0.717, 1.165) is 23.6 Å². The molecule has 3 amide bonds. The van der Waals surface area contributed by atoms with Gasteiger partial charge < -0.3 is 4.90 Å². The molecule has 3 unspecified atom stereocenters. The molecule has 3 aliphatic rings. The summed E-state index contributed by atoms with van der Waals surface area (Å²) in [6.07, 6.45) is 5.02. The van der Waals surface area contributed by atoms with Gasteiger partial charge in [0.2, 0.25) is 11.8 Å². The molecular formula is C43H53F2N7O7S2. The number of aromatic nitrogens is 4. The van der Waals surface area contributed by atoms with Crippen LogP contribution in [0.15, 0.2) is 52.6 Å². The van der Waals surface area contributed by atoms with E-state index in [1.807, 2.05) is 48.5 Å². The molecule has 0 aliphatic heterocycles. The molecule has 0 saturated heterocycles. The maximum atomic E-state index is 15.3. The van der Waals surface area contributed by atoms with Gasteiger partial charge >= 0.3 is 0 Å². The SMILES string of the molecule is CC(C)c1cc(F)cc2c1C(C(=O)NS(=O)(=O)c1cc(C(=O)N(C)CCC3(C)CC(C(=O)NS(=O)(=O)c4cnn(C5CC5)c4)c4c(C(C)C)cc(F)cc43)n(C)n1)CC2(C)C. The molecule has 61 heavy (non-hydrogen) atoms. The van der Waals surface area contributed by atoms with Crippen LogP contribution in [0, 0.1) is 11.6 Å². The van der Waals surface area contributed by atoms with Gasteiger partial charge in [0.25, 0.3) is 26.0 Å². The lowest BCUT2D eigenvalue weighted by atomic mass is 9.79. The number of benzene rings is 2. The molecule has 1 fully saturated rings. The van der Waals surface area contributed by atoms with Crippen LogP contribution in [0.5, 0.6) is 0 Å². The number of hydrogen-bond donors (Lipinski definition) is 2. The first-order chi connectivity index (χ1) is 28.3. The number of fused-ring (bicyclic) bond motifs is 2. The smallest absolute Gasteiger partial charge is 0.283 e. The summed E-state index contributed by atoms with van der Waals surface area (Å²) >= 11 is 0. The minimum Gasteiger partial charge on any atom is -0.340 e. The zero-order chi connectivity index (χ0) is 44.7. The number of halogens is 2. The Morgan fingerprint density at radius 2 is 1.38 bits per heavy atom. The van der Waals surface area contributed by atoms with Crippen molar-refractivity contribution in [3.05, 3.63) is 93.4 Å². The Hall–Kier alpha value is -4.97. The summed E-state index contributed by atoms with van der Waals surface area (Å²) in [5.74, 6) is -5.22. The average Bonchev–Trinajstić information content (AvgIpc) is 3.47. The lowest BCUT2D eigenvalue weighted by molar-refractivity contribution is -0.121. The standard InChI is InChI=1S/C43H53F2N7O7S2/c1-23(2)29-14-25(44)16-33-37(29)31(19-42(33,5)6)39(53)49-61(58,59)36-18-35(51(9)47-36)41(55)50(8)13-12-43(7)20-32(38-30(24(3)4)15-26(45)17-34(38)43)40(54)48-60(56,57)28-21-46-52(22-28)27-10-11-27/h14-18,21-24,27,31-32H,10-13,19-20H2,1-9H3,(H,48,54)(H,49,53). The molecule has 2 aromatic carbocycles.